The predicted molar refractivity (Wildman–Crippen MR) is 64.9 cm³/mol. The van der Waals surface area contributed by atoms with Crippen LogP contribution in [0.1, 0.15) is 25.9 Å². The molecule has 0 aliphatic rings. The zero-order valence-electron chi connectivity index (χ0n) is 9.72. The van der Waals surface area contributed by atoms with E-state index < -0.39 is 5.97 Å². The van der Waals surface area contributed by atoms with Crippen molar-refractivity contribution < 1.29 is 18.8 Å². The summed E-state index contributed by atoms with van der Waals surface area (Å²) < 4.78 is 9.38. The van der Waals surface area contributed by atoms with Crippen molar-refractivity contribution in [2.24, 2.45) is 0 Å². The molecule has 0 bridgehead atoms. The summed E-state index contributed by atoms with van der Waals surface area (Å²) >= 11 is 1.13. The highest BCUT2D eigenvalue weighted by molar-refractivity contribution is 7.18. The van der Waals surface area contributed by atoms with Crippen LogP contribution >= 0.6 is 11.3 Å². The minimum Gasteiger partial charge on any atom is -0.465 e. The first-order chi connectivity index (χ1) is 8.60. The first-order valence-electron chi connectivity index (χ1n) is 5.03. The van der Waals surface area contributed by atoms with E-state index in [1.165, 1.54) is 13.2 Å². The van der Waals surface area contributed by atoms with Gasteiger partial charge in [0.25, 0.3) is 5.91 Å². The van der Waals surface area contributed by atoms with E-state index in [1.54, 1.807) is 19.1 Å². The maximum atomic E-state index is 11.7. The van der Waals surface area contributed by atoms with E-state index in [2.05, 4.69) is 15.2 Å². The average molecular weight is 266 g/mol. The van der Waals surface area contributed by atoms with Crippen LogP contribution in [0.4, 0.5) is 5.00 Å². The fraction of sp³-hybridized carbons (Fsp3) is 0.182. The topological polar surface area (TPSA) is 81.4 Å². The summed E-state index contributed by atoms with van der Waals surface area (Å²) in [4.78, 5) is 23.4. The van der Waals surface area contributed by atoms with Crippen LogP contribution in [0.2, 0.25) is 0 Å². The van der Waals surface area contributed by atoms with E-state index in [4.69, 9.17) is 4.52 Å². The summed E-state index contributed by atoms with van der Waals surface area (Å²) in [5.41, 5.74) is 0.195. The van der Waals surface area contributed by atoms with Crippen LogP contribution in [0, 0.1) is 6.92 Å². The average Bonchev–Trinajstić information content (AvgIpc) is 2.97. The SMILES string of the molecule is COC(=O)c1ccc(NC(=O)c2cc(C)on2)s1. The number of rotatable bonds is 3. The largest absolute Gasteiger partial charge is 0.465 e. The second-order valence-electron chi connectivity index (χ2n) is 3.43. The van der Waals surface area contributed by atoms with Gasteiger partial charge in [-0.25, -0.2) is 4.79 Å². The zero-order chi connectivity index (χ0) is 13.1. The summed E-state index contributed by atoms with van der Waals surface area (Å²) in [6, 6.07) is 4.74. The molecular weight excluding hydrogens is 256 g/mol. The molecular formula is C11H10N2O4S. The number of hydrogen-bond acceptors (Lipinski definition) is 6. The van der Waals surface area contributed by atoms with Gasteiger partial charge in [-0.1, -0.05) is 5.16 Å². The molecule has 0 saturated heterocycles. The van der Waals surface area contributed by atoms with E-state index in [1.807, 2.05) is 0 Å². The molecule has 0 aromatic carbocycles. The number of esters is 1. The van der Waals surface area contributed by atoms with Crippen molar-refractivity contribution in [3.05, 3.63) is 34.5 Å². The molecule has 7 heteroatoms. The first-order valence-corrected chi connectivity index (χ1v) is 5.84. The summed E-state index contributed by atoms with van der Waals surface area (Å²) in [7, 11) is 1.30. The van der Waals surface area contributed by atoms with Crippen LogP contribution in [-0.2, 0) is 4.74 Å². The van der Waals surface area contributed by atoms with Crippen molar-refractivity contribution in [1.29, 1.82) is 0 Å². The highest BCUT2D eigenvalue weighted by atomic mass is 32.1. The minimum atomic E-state index is -0.433. The Kier molecular flexibility index (Phi) is 3.42. The molecule has 94 valence electrons. The highest BCUT2D eigenvalue weighted by Crippen LogP contribution is 2.23. The first kappa shape index (κ1) is 12.3. The van der Waals surface area contributed by atoms with Crippen molar-refractivity contribution in [1.82, 2.24) is 5.16 Å². The number of carbonyl (C=O) groups excluding carboxylic acids is 2. The third-order valence-electron chi connectivity index (χ3n) is 2.09. The molecule has 18 heavy (non-hydrogen) atoms. The summed E-state index contributed by atoms with van der Waals surface area (Å²) in [5.74, 6) is -0.260. The molecule has 2 rings (SSSR count). The standard InChI is InChI=1S/C11H10N2O4S/c1-6-5-7(13-17-6)10(14)12-9-4-3-8(18-9)11(15)16-2/h3-5H,1-2H3,(H,12,14). The van der Waals surface area contributed by atoms with Crippen molar-refractivity contribution in [2.75, 3.05) is 12.4 Å². The number of aromatic nitrogens is 1. The van der Waals surface area contributed by atoms with Gasteiger partial charge in [-0.05, 0) is 19.1 Å². The molecule has 0 spiro atoms. The van der Waals surface area contributed by atoms with Gasteiger partial charge in [-0.15, -0.1) is 11.3 Å². The molecule has 0 atom stereocenters. The molecule has 1 amide bonds. The molecule has 2 heterocycles. The molecule has 0 unspecified atom stereocenters. The normalized spacial score (nSPS) is 10.1. The Morgan fingerprint density at radius 1 is 1.44 bits per heavy atom. The van der Waals surface area contributed by atoms with E-state index in [9.17, 15) is 9.59 Å². The van der Waals surface area contributed by atoms with Gasteiger partial charge in [-0.2, -0.15) is 0 Å². The Balaban J connectivity index is 2.08. The Bertz CT molecular complexity index is 587. The number of nitrogens with one attached hydrogen (secondary N) is 1. The minimum absolute atomic E-state index is 0.195. The van der Waals surface area contributed by atoms with Crippen LogP contribution in [-0.4, -0.2) is 24.1 Å². The second-order valence-corrected chi connectivity index (χ2v) is 4.52. The number of methoxy groups -OCH3 is 1. The smallest absolute Gasteiger partial charge is 0.348 e. The lowest BCUT2D eigenvalue weighted by Crippen LogP contribution is -2.10. The van der Waals surface area contributed by atoms with E-state index in [-0.39, 0.29) is 11.6 Å². The number of ether oxygens (including phenoxy) is 1. The third-order valence-corrected chi connectivity index (χ3v) is 3.07. The van der Waals surface area contributed by atoms with Gasteiger partial charge in [0.15, 0.2) is 5.69 Å². The van der Waals surface area contributed by atoms with Gasteiger partial charge < -0.3 is 14.6 Å². The Hall–Kier alpha value is -2.15. The van der Waals surface area contributed by atoms with Gasteiger partial charge in [0.2, 0.25) is 0 Å². The fourth-order valence-corrected chi connectivity index (χ4v) is 2.08. The summed E-state index contributed by atoms with van der Waals surface area (Å²) in [5, 5.41) is 6.76. The highest BCUT2D eigenvalue weighted by Gasteiger charge is 2.14. The molecule has 1 N–H and O–H groups in total. The number of carbonyl (C=O) groups is 2. The molecule has 2 aromatic heterocycles. The maximum Gasteiger partial charge on any atom is 0.348 e. The summed E-state index contributed by atoms with van der Waals surface area (Å²) in [6.45, 7) is 1.70. The maximum absolute atomic E-state index is 11.7. The number of nitrogens with zero attached hydrogens (tertiary/aromatic N) is 1. The molecule has 2 aromatic rings. The Morgan fingerprint density at radius 2 is 2.22 bits per heavy atom. The molecule has 6 nitrogen and oxygen atoms in total. The van der Waals surface area contributed by atoms with Crippen LogP contribution in [0.3, 0.4) is 0 Å². The van der Waals surface area contributed by atoms with Gasteiger partial charge >= 0.3 is 5.97 Å². The molecule has 0 radical (unpaired) electrons. The number of anilines is 1. The van der Waals surface area contributed by atoms with Gasteiger partial charge in [-0.3, -0.25) is 4.79 Å². The Morgan fingerprint density at radius 3 is 2.83 bits per heavy atom. The summed E-state index contributed by atoms with van der Waals surface area (Å²) in [6.07, 6.45) is 0. The van der Waals surface area contributed by atoms with Crippen LogP contribution in [0.25, 0.3) is 0 Å². The van der Waals surface area contributed by atoms with E-state index in [0.717, 1.165) is 11.3 Å². The van der Waals surface area contributed by atoms with Crippen molar-refractivity contribution in [3.8, 4) is 0 Å². The van der Waals surface area contributed by atoms with Crippen molar-refractivity contribution in [2.45, 2.75) is 6.92 Å². The zero-order valence-corrected chi connectivity index (χ0v) is 10.5. The fourth-order valence-electron chi connectivity index (χ4n) is 1.26. The molecule has 0 aliphatic heterocycles. The molecule has 0 saturated carbocycles. The Labute approximate surface area is 107 Å². The van der Waals surface area contributed by atoms with E-state index in [0.29, 0.717) is 15.6 Å². The lowest BCUT2D eigenvalue weighted by atomic mass is 10.3. The number of amides is 1. The lowest BCUT2D eigenvalue weighted by Gasteiger charge is -1.97. The lowest BCUT2D eigenvalue weighted by molar-refractivity contribution is 0.0606. The molecule has 0 aliphatic carbocycles. The number of thiophene rings is 1. The van der Waals surface area contributed by atoms with Gasteiger partial charge in [0.1, 0.15) is 10.6 Å². The van der Waals surface area contributed by atoms with E-state index >= 15 is 0 Å². The second kappa shape index (κ2) is 5.01. The van der Waals surface area contributed by atoms with Crippen molar-refractivity contribution in [3.63, 3.8) is 0 Å². The van der Waals surface area contributed by atoms with Crippen LogP contribution < -0.4 is 5.32 Å². The predicted octanol–water partition coefficient (Wildman–Crippen LogP) is 2.08. The number of aryl methyl sites for hydroxylation is 1. The quantitative estimate of drug-likeness (QED) is 0.860. The van der Waals surface area contributed by atoms with Crippen molar-refractivity contribution >= 4 is 28.2 Å². The van der Waals surface area contributed by atoms with Crippen LogP contribution in [0.5, 0.6) is 0 Å². The molecule has 0 fully saturated rings. The van der Waals surface area contributed by atoms with Gasteiger partial charge in [0.05, 0.1) is 12.1 Å². The number of hydrogen-bond donors (Lipinski definition) is 1. The van der Waals surface area contributed by atoms with Gasteiger partial charge in [0, 0.05) is 6.07 Å². The van der Waals surface area contributed by atoms with Crippen LogP contribution in [0.15, 0.2) is 22.7 Å². The third kappa shape index (κ3) is 2.57. The monoisotopic (exact) mass is 266 g/mol.